The maximum absolute atomic E-state index is 11.9. The number of ether oxygens (including phenoxy) is 1. The fraction of sp³-hybridized carbons (Fsp3) is 0.923. The summed E-state index contributed by atoms with van der Waals surface area (Å²) in [6, 6.07) is 0. The average Bonchev–Trinajstić information content (AvgIpc) is 2.74. The maximum atomic E-state index is 11.9. The SMILES string of the molecule is CC1CC(C(=O)NCC2CCNCC2C)CO1. The van der Waals surface area contributed by atoms with Crippen molar-refractivity contribution in [2.24, 2.45) is 17.8 Å². The van der Waals surface area contributed by atoms with Crippen molar-refractivity contribution in [2.45, 2.75) is 32.8 Å². The van der Waals surface area contributed by atoms with Crippen LogP contribution in [-0.2, 0) is 9.53 Å². The largest absolute Gasteiger partial charge is 0.378 e. The van der Waals surface area contributed by atoms with Crippen molar-refractivity contribution in [3.63, 3.8) is 0 Å². The highest BCUT2D eigenvalue weighted by atomic mass is 16.5. The quantitative estimate of drug-likeness (QED) is 0.766. The summed E-state index contributed by atoms with van der Waals surface area (Å²) in [6.45, 7) is 7.85. The fourth-order valence-electron chi connectivity index (χ4n) is 2.75. The first-order valence-corrected chi connectivity index (χ1v) is 6.77. The molecule has 0 aromatic heterocycles. The molecule has 2 N–H and O–H groups in total. The summed E-state index contributed by atoms with van der Waals surface area (Å²) in [7, 11) is 0. The molecule has 1 amide bonds. The lowest BCUT2D eigenvalue weighted by Gasteiger charge is -2.29. The fourth-order valence-corrected chi connectivity index (χ4v) is 2.75. The first-order chi connectivity index (χ1) is 8.16. The van der Waals surface area contributed by atoms with Crippen LogP contribution >= 0.6 is 0 Å². The lowest BCUT2D eigenvalue weighted by atomic mass is 9.88. The van der Waals surface area contributed by atoms with Crippen molar-refractivity contribution in [3.05, 3.63) is 0 Å². The predicted molar refractivity (Wildman–Crippen MR) is 66.7 cm³/mol. The number of nitrogens with one attached hydrogen (secondary N) is 2. The zero-order chi connectivity index (χ0) is 12.3. The molecule has 98 valence electrons. The van der Waals surface area contributed by atoms with E-state index >= 15 is 0 Å². The van der Waals surface area contributed by atoms with Gasteiger partial charge in [0.15, 0.2) is 0 Å². The van der Waals surface area contributed by atoms with Crippen molar-refractivity contribution in [2.75, 3.05) is 26.2 Å². The molecule has 2 fully saturated rings. The van der Waals surface area contributed by atoms with E-state index < -0.39 is 0 Å². The minimum Gasteiger partial charge on any atom is -0.378 e. The molecule has 4 unspecified atom stereocenters. The van der Waals surface area contributed by atoms with Crippen LogP contribution in [0.5, 0.6) is 0 Å². The van der Waals surface area contributed by atoms with Crippen LogP contribution in [-0.4, -0.2) is 38.3 Å². The summed E-state index contributed by atoms with van der Waals surface area (Å²) < 4.78 is 5.43. The average molecular weight is 240 g/mol. The van der Waals surface area contributed by atoms with Gasteiger partial charge in [0.1, 0.15) is 0 Å². The number of hydrogen-bond acceptors (Lipinski definition) is 3. The summed E-state index contributed by atoms with van der Waals surface area (Å²) in [4.78, 5) is 11.9. The van der Waals surface area contributed by atoms with Gasteiger partial charge in [-0.05, 0) is 44.7 Å². The number of amides is 1. The van der Waals surface area contributed by atoms with Crippen LogP contribution in [0.15, 0.2) is 0 Å². The third kappa shape index (κ3) is 3.42. The topological polar surface area (TPSA) is 50.4 Å². The summed E-state index contributed by atoms with van der Waals surface area (Å²) in [6.07, 6.45) is 2.27. The highest BCUT2D eigenvalue weighted by Crippen LogP contribution is 2.20. The normalized spacial score (nSPS) is 38.0. The first-order valence-electron chi connectivity index (χ1n) is 6.77. The summed E-state index contributed by atoms with van der Waals surface area (Å²) in [5.41, 5.74) is 0. The Morgan fingerprint density at radius 3 is 2.94 bits per heavy atom. The molecule has 0 radical (unpaired) electrons. The highest BCUT2D eigenvalue weighted by Gasteiger charge is 2.29. The third-order valence-electron chi connectivity index (χ3n) is 4.07. The van der Waals surface area contributed by atoms with Crippen molar-refractivity contribution in [3.8, 4) is 0 Å². The van der Waals surface area contributed by atoms with Crippen LogP contribution in [0.25, 0.3) is 0 Å². The molecule has 2 saturated heterocycles. The Morgan fingerprint density at radius 2 is 2.29 bits per heavy atom. The molecule has 4 atom stereocenters. The van der Waals surface area contributed by atoms with E-state index in [1.807, 2.05) is 6.92 Å². The number of hydrogen-bond donors (Lipinski definition) is 2. The second-order valence-electron chi connectivity index (χ2n) is 5.55. The minimum absolute atomic E-state index is 0.0713. The van der Waals surface area contributed by atoms with Gasteiger partial charge in [-0.1, -0.05) is 6.92 Å². The van der Waals surface area contributed by atoms with Gasteiger partial charge >= 0.3 is 0 Å². The van der Waals surface area contributed by atoms with Crippen LogP contribution in [0.2, 0.25) is 0 Å². The van der Waals surface area contributed by atoms with Gasteiger partial charge in [-0.3, -0.25) is 4.79 Å². The van der Waals surface area contributed by atoms with E-state index in [0.717, 1.165) is 26.1 Å². The molecule has 2 aliphatic heterocycles. The van der Waals surface area contributed by atoms with Crippen molar-refractivity contribution >= 4 is 5.91 Å². The third-order valence-corrected chi connectivity index (χ3v) is 4.07. The Labute approximate surface area is 103 Å². The van der Waals surface area contributed by atoms with E-state index in [1.165, 1.54) is 6.42 Å². The molecule has 2 aliphatic rings. The van der Waals surface area contributed by atoms with Crippen molar-refractivity contribution in [1.29, 1.82) is 0 Å². The Bertz CT molecular complexity index is 270. The molecule has 0 bridgehead atoms. The van der Waals surface area contributed by atoms with Gasteiger partial charge in [0.2, 0.25) is 5.91 Å². The monoisotopic (exact) mass is 240 g/mol. The summed E-state index contributed by atoms with van der Waals surface area (Å²) in [5, 5.41) is 6.48. The van der Waals surface area contributed by atoms with Gasteiger partial charge < -0.3 is 15.4 Å². The van der Waals surface area contributed by atoms with Crippen LogP contribution in [0.4, 0.5) is 0 Å². The van der Waals surface area contributed by atoms with Crippen LogP contribution < -0.4 is 10.6 Å². The van der Waals surface area contributed by atoms with Gasteiger partial charge in [0.25, 0.3) is 0 Å². The molecule has 4 heteroatoms. The maximum Gasteiger partial charge on any atom is 0.225 e. The highest BCUT2D eigenvalue weighted by molar-refractivity contribution is 5.79. The molecule has 4 nitrogen and oxygen atoms in total. The molecular weight excluding hydrogens is 216 g/mol. The van der Waals surface area contributed by atoms with E-state index in [4.69, 9.17) is 4.74 Å². The van der Waals surface area contributed by atoms with E-state index in [9.17, 15) is 4.79 Å². The zero-order valence-electron chi connectivity index (χ0n) is 10.9. The van der Waals surface area contributed by atoms with Gasteiger partial charge in [-0.2, -0.15) is 0 Å². The Kier molecular flexibility index (Phi) is 4.40. The lowest BCUT2D eigenvalue weighted by molar-refractivity contribution is -0.125. The van der Waals surface area contributed by atoms with Gasteiger partial charge in [-0.25, -0.2) is 0 Å². The lowest BCUT2D eigenvalue weighted by Crippen LogP contribution is -2.42. The van der Waals surface area contributed by atoms with Gasteiger partial charge in [-0.15, -0.1) is 0 Å². The molecule has 2 heterocycles. The Morgan fingerprint density at radius 1 is 1.47 bits per heavy atom. The Hall–Kier alpha value is -0.610. The van der Waals surface area contributed by atoms with E-state index in [-0.39, 0.29) is 17.9 Å². The molecule has 0 aromatic carbocycles. The van der Waals surface area contributed by atoms with E-state index in [0.29, 0.717) is 18.4 Å². The van der Waals surface area contributed by atoms with E-state index in [1.54, 1.807) is 0 Å². The summed E-state index contributed by atoms with van der Waals surface area (Å²) in [5.74, 6) is 1.53. The number of carbonyl (C=O) groups is 1. The molecule has 0 aliphatic carbocycles. The number of carbonyl (C=O) groups excluding carboxylic acids is 1. The molecule has 0 saturated carbocycles. The van der Waals surface area contributed by atoms with Gasteiger partial charge in [0.05, 0.1) is 18.6 Å². The molecule has 0 aromatic rings. The summed E-state index contributed by atoms with van der Waals surface area (Å²) >= 11 is 0. The van der Waals surface area contributed by atoms with Crippen molar-refractivity contribution in [1.82, 2.24) is 10.6 Å². The smallest absolute Gasteiger partial charge is 0.225 e. The molecular formula is C13H24N2O2. The molecule has 2 rings (SSSR count). The van der Waals surface area contributed by atoms with Crippen LogP contribution in [0.1, 0.15) is 26.7 Å². The van der Waals surface area contributed by atoms with E-state index in [2.05, 4.69) is 17.6 Å². The first kappa shape index (κ1) is 12.8. The molecule has 0 spiro atoms. The van der Waals surface area contributed by atoms with Crippen LogP contribution in [0, 0.1) is 17.8 Å². The minimum atomic E-state index is 0.0713. The van der Waals surface area contributed by atoms with Crippen molar-refractivity contribution < 1.29 is 9.53 Å². The molecule has 17 heavy (non-hydrogen) atoms. The van der Waals surface area contributed by atoms with Crippen LogP contribution in [0.3, 0.4) is 0 Å². The number of rotatable bonds is 3. The second-order valence-corrected chi connectivity index (χ2v) is 5.55. The van der Waals surface area contributed by atoms with Gasteiger partial charge in [0, 0.05) is 6.54 Å². The number of piperidine rings is 1. The predicted octanol–water partition coefficient (Wildman–Crippen LogP) is 0.773. The second kappa shape index (κ2) is 5.83. The zero-order valence-corrected chi connectivity index (χ0v) is 10.9. The Balaban J connectivity index is 1.72. The standard InChI is InChI=1S/C13H24N2O2/c1-9-6-14-4-3-11(9)7-15-13(16)12-5-10(2)17-8-12/h9-12,14H,3-8H2,1-2H3,(H,15,16).